The topological polar surface area (TPSA) is 32.3 Å². The summed E-state index contributed by atoms with van der Waals surface area (Å²) in [5.41, 5.74) is 2.39. The Labute approximate surface area is 127 Å². The summed E-state index contributed by atoms with van der Waals surface area (Å²) in [4.78, 5) is 13.5. The molecule has 0 saturated carbocycles. The molecule has 1 aliphatic rings. The number of rotatable bonds is 2. The van der Waals surface area contributed by atoms with Gasteiger partial charge in [0.15, 0.2) is 0 Å². The Morgan fingerprint density at radius 1 is 1.18 bits per heavy atom. The molecule has 1 amide bonds. The molecule has 3 nitrogen and oxygen atoms in total. The number of carbonyl (C=O) groups excluding carboxylic acids is 1. The highest BCUT2D eigenvalue weighted by atomic mass is 19.1. The number of hydrogen-bond acceptors (Lipinski definition) is 2. The van der Waals surface area contributed by atoms with Crippen molar-refractivity contribution in [1.82, 2.24) is 0 Å². The lowest BCUT2D eigenvalue weighted by Gasteiger charge is -2.31. The lowest BCUT2D eigenvalue weighted by molar-refractivity contribution is -0.118. The first-order chi connectivity index (χ1) is 10.5. The summed E-state index contributed by atoms with van der Waals surface area (Å²) in [6, 6.07) is 8.95. The number of nitrogens with zero attached hydrogens (tertiary/aromatic N) is 1. The quantitative estimate of drug-likeness (QED) is 0.923. The van der Waals surface area contributed by atoms with E-state index in [1.54, 1.807) is 31.0 Å². The molecule has 1 aliphatic heterocycles. The van der Waals surface area contributed by atoms with E-state index in [0.717, 1.165) is 16.9 Å². The van der Waals surface area contributed by atoms with Gasteiger partial charge in [0.05, 0.1) is 11.4 Å². The molecule has 2 aromatic rings. The van der Waals surface area contributed by atoms with Crippen LogP contribution in [0.2, 0.25) is 0 Å². The van der Waals surface area contributed by atoms with Gasteiger partial charge in [-0.05, 0) is 36.8 Å². The maximum atomic E-state index is 13.7. The minimum absolute atomic E-state index is 0.0135. The number of likely N-dealkylation sites (N-methyl/N-ethyl adjacent to an activating group) is 1. The largest absolute Gasteiger partial charge is 0.372 e. The zero-order chi connectivity index (χ0) is 15.9. The van der Waals surface area contributed by atoms with Gasteiger partial charge < -0.3 is 10.2 Å². The summed E-state index contributed by atoms with van der Waals surface area (Å²) in [6.45, 7) is 1.78. The molecule has 2 aromatic carbocycles. The van der Waals surface area contributed by atoms with Crippen LogP contribution in [0.3, 0.4) is 0 Å². The predicted octanol–water partition coefficient (Wildman–Crippen LogP) is 3.33. The van der Waals surface area contributed by atoms with Crippen LogP contribution in [0.15, 0.2) is 36.4 Å². The van der Waals surface area contributed by atoms with Gasteiger partial charge in [-0.25, -0.2) is 8.78 Å². The van der Waals surface area contributed by atoms with Crippen LogP contribution in [-0.2, 0) is 11.2 Å². The van der Waals surface area contributed by atoms with Crippen LogP contribution < -0.4 is 10.2 Å². The van der Waals surface area contributed by atoms with Crippen LogP contribution in [0.5, 0.6) is 0 Å². The standard InChI is InChI=1S/C17H16F2N2O/c1-10-17(22)21(2)16-7-6-11(9-15(16)20-10)8-12-13(18)4-3-5-14(12)19/h3-7,9-10,20H,8H2,1-2H3. The number of benzene rings is 2. The highest BCUT2D eigenvalue weighted by Crippen LogP contribution is 2.32. The molecule has 3 rings (SSSR count). The van der Waals surface area contributed by atoms with Gasteiger partial charge in [0.1, 0.15) is 17.7 Å². The molecular formula is C17H16F2N2O. The van der Waals surface area contributed by atoms with Gasteiger partial charge in [-0.3, -0.25) is 4.79 Å². The van der Waals surface area contributed by atoms with Crippen LogP contribution in [0.25, 0.3) is 0 Å². The van der Waals surface area contributed by atoms with Crippen molar-refractivity contribution in [1.29, 1.82) is 0 Å². The van der Waals surface area contributed by atoms with Gasteiger partial charge in [0.2, 0.25) is 5.91 Å². The van der Waals surface area contributed by atoms with E-state index in [4.69, 9.17) is 0 Å². The molecule has 1 N–H and O–H groups in total. The molecule has 0 aliphatic carbocycles. The first-order valence-corrected chi connectivity index (χ1v) is 7.07. The Morgan fingerprint density at radius 2 is 1.86 bits per heavy atom. The van der Waals surface area contributed by atoms with Gasteiger partial charge >= 0.3 is 0 Å². The van der Waals surface area contributed by atoms with Gasteiger partial charge in [0.25, 0.3) is 0 Å². The van der Waals surface area contributed by atoms with Gasteiger partial charge in [-0.15, -0.1) is 0 Å². The summed E-state index contributed by atoms with van der Waals surface area (Å²) < 4.78 is 27.5. The molecule has 22 heavy (non-hydrogen) atoms. The van der Waals surface area contributed by atoms with Crippen LogP contribution in [0, 0.1) is 11.6 Å². The van der Waals surface area contributed by atoms with E-state index in [2.05, 4.69) is 5.32 Å². The maximum Gasteiger partial charge on any atom is 0.248 e. The SMILES string of the molecule is CC1Nc2cc(Cc3c(F)cccc3F)ccc2N(C)C1=O. The first kappa shape index (κ1) is 14.5. The second-order valence-electron chi connectivity index (χ2n) is 5.49. The van der Waals surface area contributed by atoms with E-state index < -0.39 is 11.6 Å². The Hall–Kier alpha value is -2.43. The Kier molecular flexibility index (Phi) is 3.56. The van der Waals surface area contributed by atoms with Crippen molar-refractivity contribution in [3.8, 4) is 0 Å². The third-order valence-corrected chi connectivity index (χ3v) is 3.94. The van der Waals surface area contributed by atoms with Crippen molar-refractivity contribution in [3.05, 3.63) is 59.2 Å². The lowest BCUT2D eigenvalue weighted by atomic mass is 10.0. The number of nitrogens with one attached hydrogen (secondary N) is 1. The van der Waals surface area contributed by atoms with E-state index in [1.807, 2.05) is 6.07 Å². The van der Waals surface area contributed by atoms with Crippen LogP contribution in [0.1, 0.15) is 18.1 Å². The van der Waals surface area contributed by atoms with Gasteiger partial charge in [-0.1, -0.05) is 12.1 Å². The minimum atomic E-state index is -0.550. The molecule has 1 unspecified atom stereocenters. The normalized spacial score (nSPS) is 17.2. The summed E-state index contributed by atoms with van der Waals surface area (Å²) in [7, 11) is 1.72. The molecule has 0 saturated heterocycles. The van der Waals surface area contributed by atoms with Crippen LogP contribution in [-0.4, -0.2) is 19.0 Å². The number of anilines is 2. The fourth-order valence-corrected chi connectivity index (χ4v) is 2.71. The van der Waals surface area contributed by atoms with Gasteiger partial charge in [0, 0.05) is 19.0 Å². The zero-order valence-electron chi connectivity index (χ0n) is 12.4. The second-order valence-corrected chi connectivity index (χ2v) is 5.49. The summed E-state index contributed by atoms with van der Waals surface area (Å²) in [5, 5.41) is 3.12. The van der Waals surface area contributed by atoms with Crippen molar-refractivity contribution < 1.29 is 13.6 Å². The number of halogens is 2. The fraction of sp³-hybridized carbons (Fsp3) is 0.235. The molecular weight excluding hydrogens is 286 g/mol. The van der Waals surface area contributed by atoms with E-state index in [9.17, 15) is 13.6 Å². The third-order valence-electron chi connectivity index (χ3n) is 3.94. The molecule has 0 fully saturated rings. The predicted molar refractivity (Wildman–Crippen MR) is 82.1 cm³/mol. The zero-order valence-corrected chi connectivity index (χ0v) is 12.4. The van der Waals surface area contributed by atoms with Crippen molar-refractivity contribution in [2.75, 3.05) is 17.3 Å². The summed E-state index contributed by atoms with van der Waals surface area (Å²) >= 11 is 0. The Bertz CT molecular complexity index is 725. The molecule has 1 atom stereocenters. The minimum Gasteiger partial charge on any atom is -0.372 e. The van der Waals surface area contributed by atoms with Gasteiger partial charge in [-0.2, -0.15) is 0 Å². The molecule has 114 valence electrons. The third kappa shape index (κ3) is 2.43. The highest BCUT2D eigenvalue weighted by Gasteiger charge is 2.26. The number of carbonyl (C=O) groups is 1. The molecule has 0 spiro atoms. The maximum absolute atomic E-state index is 13.7. The molecule has 0 radical (unpaired) electrons. The van der Waals surface area contributed by atoms with E-state index in [0.29, 0.717) is 0 Å². The second kappa shape index (κ2) is 5.40. The van der Waals surface area contributed by atoms with Crippen LogP contribution >= 0.6 is 0 Å². The summed E-state index contributed by atoms with van der Waals surface area (Å²) in [5.74, 6) is -1.11. The molecule has 1 heterocycles. The van der Waals surface area contributed by atoms with E-state index in [1.165, 1.54) is 18.2 Å². The molecule has 0 aromatic heterocycles. The van der Waals surface area contributed by atoms with Crippen molar-refractivity contribution >= 4 is 17.3 Å². The average Bonchev–Trinajstić information content (AvgIpc) is 2.49. The number of hydrogen-bond donors (Lipinski definition) is 1. The Morgan fingerprint density at radius 3 is 2.55 bits per heavy atom. The van der Waals surface area contributed by atoms with Crippen molar-refractivity contribution in [2.24, 2.45) is 0 Å². The number of fused-ring (bicyclic) bond motifs is 1. The summed E-state index contributed by atoms with van der Waals surface area (Å²) in [6.07, 6.45) is 0.166. The van der Waals surface area contributed by atoms with Crippen molar-refractivity contribution in [3.63, 3.8) is 0 Å². The Balaban J connectivity index is 1.95. The first-order valence-electron chi connectivity index (χ1n) is 7.07. The smallest absolute Gasteiger partial charge is 0.248 e. The lowest BCUT2D eigenvalue weighted by Crippen LogP contribution is -2.43. The number of amides is 1. The van der Waals surface area contributed by atoms with E-state index >= 15 is 0 Å². The molecule has 5 heteroatoms. The van der Waals surface area contributed by atoms with E-state index in [-0.39, 0.29) is 23.9 Å². The van der Waals surface area contributed by atoms with Crippen LogP contribution in [0.4, 0.5) is 20.2 Å². The molecule has 0 bridgehead atoms. The highest BCUT2D eigenvalue weighted by molar-refractivity contribution is 6.04. The average molecular weight is 302 g/mol. The van der Waals surface area contributed by atoms with Crippen molar-refractivity contribution in [2.45, 2.75) is 19.4 Å². The fourth-order valence-electron chi connectivity index (χ4n) is 2.71. The monoisotopic (exact) mass is 302 g/mol.